The number of nitrogens with one attached hydrogen (secondary N) is 1. The molecule has 0 fully saturated rings. The lowest BCUT2D eigenvalue weighted by Gasteiger charge is -2.26. The predicted octanol–water partition coefficient (Wildman–Crippen LogP) is 4.53. The highest BCUT2D eigenvalue weighted by atomic mass is 32.2. The molecule has 1 aliphatic heterocycles. The summed E-state index contributed by atoms with van der Waals surface area (Å²) in [5.74, 6) is -0.521. The lowest BCUT2D eigenvalue weighted by atomic mass is 9.99. The second-order valence-corrected chi connectivity index (χ2v) is 9.06. The Hall–Kier alpha value is -2.49. The summed E-state index contributed by atoms with van der Waals surface area (Å²) in [7, 11) is 0. The Kier molecular flexibility index (Phi) is 6.44. The number of alkyl carbamates (subject to hydrolysis) is 1. The van der Waals surface area contributed by atoms with E-state index in [1.165, 1.54) is 28.6 Å². The van der Waals surface area contributed by atoms with Gasteiger partial charge in [0.1, 0.15) is 17.2 Å². The summed E-state index contributed by atoms with van der Waals surface area (Å²) in [6.45, 7) is 9.33. The maximum Gasteiger partial charge on any atom is 0.408 e. The van der Waals surface area contributed by atoms with E-state index < -0.39 is 29.4 Å². The Morgan fingerprint density at radius 1 is 1.33 bits per heavy atom. The first-order valence-corrected chi connectivity index (χ1v) is 10.7. The highest BCUT2D eigenvalue weighted by molar-refractivity contribution is 7.99. The van der Waals surface area contributed by atoms with Gasteiger partial charge in [-0.3, -0.25) is 0 Å². The molecule has 1 aliphatic rings. The Bertz CT molecular complexity index is 971. The topological polar surface area (TPSA) is 81.4 Å². The molecule has 0 bridgehead atoms. The molecular formula is C20H25F2N5O2S. The fraction of sp³-hybridized carbons (Fsp3) is 0.500. The molecule has 0 saturated carbocycles. The molecule has 0 aliphatic carbocycles. The van der Waals surface area contributed by atoms with Gasteiger partial charge in [-0.05, 0) is 38.8 Å². The molecule has 0 radical (unpaired) electrons. The smallest absolute Gasteiger partial charge is 0.408 e. The molecule has 0 saturated heterocycles. The maximum absolute atomic E-state index is 14.3. The lowest BCUT2D eigenvalue weighted by molar-refractivity contribution is 0.0482. The van der Waals surface area contributed by atoms with Gasteiger partial charge in [-0.1, -0.05) is 32.0 Å². The van der Waals surface area contributed by atoms with Crippen LogP contribution in [0.1, 0.15) is 58.5 Å². The van der Waals surface area contributed by atoms with Gasteiger partial charge in [-0.15, -0.1) is 10.2 Å². The van der Waals surface area contributed by atoms with Crippen LogP contribution in [0.5, 0.6) is 0 Å². The third kappa shape index (κ3) is 4.97. The van der Waals surface area contributed by atoms with Gasteiger partial charge in [0.15, 0.2) is 5.82 Å². The first kappa shape index (κ1) is 22.2. The predicted molar refractivity (Wildman–Crippen MR) is 111 cm³/mol. The highest BCUT2D eigenvalue weighted by Gasteiger charge is 2.31. The number of hydrogen-bond donors (Lipinski definition) is 1. The van der Waals surface area contributed by atoms with Crippen molar-refractivity contribution in [2.24, 2.45) is 11.0 Å². The van der Waals surface area contributed by atoms with Gasteiger partial charge in [-0.2, -0.15) is 9.78 Å². The molecule has 7 nitrogen and oxygen atoms in total. The molecule has 2 aromatic rings. The van der Waals surface area contributed by atoms with Gasteiger partial charge in [-0.25, -0.2) is 13.6 Å². The van der Waals surface area contributed by atoms with Crippen LogP contribution in [0.15, 0.2) is 28.5 Å². The minimum Gasteiger partial charge on any atom is -0.444 e. The van der Waals surface area contributed by atoms with Crippen LogP contribution in [0.3, 0.4) is 0 Å². The summed E-state index contributed by atoms with van der Waals surface area (Å²) >= 11 is 1.35. The molecule has 1 aromatic carbocycles. The number of nitrogens with zero attached hydrogens (tertiary/aromatic N) is 4. The largest absolute Gasteiger partial charge is 0.444 e. The third-order valence-electron chi connectivity index (χ3n) is 4.60. The van der Waals surface area contributed by atoms with Crippen molar-refractivity contribution >= 4 is 23.6 Å². The van der Waals surface area contributed by atoms with Crippen molar-refractivity contribution in [3.8, 4) is 0 Å². The Labute approximate surface area is 178 Å². The second-order valence-electron chi connectivity index (χ2n) is 8.12. The van der Waals surface area contributed by atoms with Crippen molar-refractivity contribution in [3.05, 3.63) is 41.2 Å². The van der Waals surface area contributed by atoms with Gasteiger partial charge < -0.3 is 10.1 Å². The van der Waals surface area contributed by atoms with E-state index in [0.717, 1.165) is 12.5 Å². The quantitative estimate of drug-likeness (QED) is 0.743. The lowest BCUT2D eigenvalue weighted by Crippen LogP contribution is -2.38. The number of halogens is 2. The minimum absolute atomic E-state index is 0.0129. The Morgan fingerprint density at radius 2 is 2.07 bits per heavy atom. The molecule has 2 unspecified atom stereocenters. The van der Waals surface area contributed by atoms with E-state index in [1.807, 2.05) is 13.8 Å². The van der Waals surface area contributed by atoms with Crippen LogP contribution in [0.25, 0.3) is 0 Å². The van der Waals surface area contributed by atoms with Gasteiger partial charge in [0.05, 0.1) is 11.8 Å². The number of fused-ring (bicyclic) bond motifs is 1. The maximum atomic E-state index is 14.3. The van der Waals surface area contributed by atoms with E-state index in [2.05, 4.69) is 20.6 Å². The van der Waals surface area contributed by atoms with Crippen molar-refractivity contribution in [1.82, 2.24) is 20.2 Å². The van der Waals surface area contributed by atoms with E-state index in [9.17, 15) is 13.6 Å². The molecule has 1 amide bonds. The summed E-state index contributed by atoms with van der Waals surface area (Å²) < 4.78 is 34.4. The average molecular weight is 438 g/mol. The zero-order valence-corrected chi connectivity index (χ0v) is 18.4. The van der Waals surface area contributed by atoms with Crippen LogP contribution in [0.4, 0.5) is 13.6 Å². The van der Waals surface area contributed by atoms with Crippen LogP contribution in [-0.4, -0.2) is 38.0 Å². The molecule has 30 heavy (non-hydrogen) atoms. The van der Waals surface area contributed by atoms with Crippen molar-refractivity contribution < 1.29 is 18.3 Å². The normalized spacial score (nSPS) is 15.8. The molecule has 0 spiro atoms. The second kappa shape index (κ2) is 8.71. The van der Waals surface area contributed by atoms with E-state index in [4.69, 9.17) is 4.74 Å². The van der Waals surface area contributed by atoms with Crippen molar-refractivity contribution in [2.45, 2.75) is 57.8 Å². The van der Waals surface area contributed by atoms with Crippen molar-refractivity contribution in [3.63, 3.8) is 0 Å². The first-order valence-electron chi connectivity index (χ1n) is 9.70. The fourth-order valence-corrected chi connectivity index (χ4v) is 3.76. The van der Waals surface area contributed by atoms with Crippen LogP contribution in [-0.2, 0) is 4.74 Å². The zero-order chi connectivity index (χ0) is 22.1. The molecule has 10 heteroatoms. The first-order chi connectivity index (χ1) is 14.1. The third-order valence-corrected chi connectivity index (χ3v) is 5.53. The Balaban J connectivity index is 1.96. The van der Waals surface area contributed by atoms with E-state index in [0.29, 0.717) is 22.4 Å². The monoisotopic (exact) mass is 437 g/mol. The molecule has 162 valence electrons. The molecule has 1 N–H and O–H groups in total. The number of amides is 1. The van der Waals surface area contributed by atoms with Crippen LogP contribution < -0.4 is 5.32 Å². The summed E-state index contributed by atoms with van der Waals surface area (Å²) in [6.07, 6.45) is 0.196. The molecule has 2 heterocycles. The van der Waals surface area contributed by atoms with E-state index >= 15 is 0 Å². The van der Waals surface area contributed by atoms with Crippen LogP contribution in [0.2, 0.25) is 0 Å². The number of hydrogen-bond acceptors (Lipinski definition) is 6. The van der Waals surface area contributed by atoms with Crippen molar-refractivity contribution in [2.75, 3.05) is 5.75 Å². The number of carbonyl (C=O) groups is 1. The van der Waals surface area contributed by atoms with Gasteiger partial charge >= 0.3 is 6.09 Å². The fourth-order valence-electron chi connectivity index (χ4n) is 2.92. The standard InChI is InChI=1S/C20H25F2N5O2S/c1-6-11(2)16(23-19(28)29-20(3,4)5)17-24-25-18-27(17)26-15(10-30-18)13-8-7-12(21)9-14(13)22/h7-9,11,16H,6,10H2,1-5H3,(H,23,28). The molecule has 3 rings (SSSR count). The van der Waals surface area contributed by atoms with Gasteiger partial charge in [0, 0.05) is 17.4 Å². The summed E-state index contributed by atoms with van der Waals surface area (Å²) in [5, 5.41) is 16.3. The Morgan fingerprint density at radius 3 is 2.70 bits per heavy atom. The summed E-state index contributed by atoms with van der Waals surface area (Å²) in [6, 6.07) is 2.88. The van der Waals surface area contributed by atoms with Crippen LogP contribution in [0, 0.1) is 17.6 Å². The molecular weight excluding hydrogens is 412 g/mol. The number of ether oxygens (including phenoxy) is 1. The highest BCUT2D eigenvalue weighted by Crippen LogP contribution is 2.30. The zero-order valence-electron chi connectivity index (χ0n) is 17.6. The minimum atomic E-state index is -0.683. The number of thioether (sulfide) groups is 1. The number of aromatic nitrogens is 3. The van der Waals surface area contributed by atoms with Crippen LogP contribution >= 0.6 is 11.8 Å². The van der Waals surface area contributed by atoms with Crippen molar-refractivity contribution in [1.29, 1.82) is 0 Å². The number of carbonyl (C=O) groups excluding carboxylic acids is 1. The summed E-state index contributed by atoms with van der Waals surface area (Å²) in [4.78, 5) is 12.4. The molecule has 1 aromatic heterocycles. The van der Waals surface area contributed by atoms with E-state index in [-0.39, 0.29) is 11.5 Å². The van der Waals surface area contributed by atoms with Gasteiger partial charge in [0.2, 0.25) is 5.16 Å². The van der Waals surface area contributed by atoms with Gasteiger partial charge in [0.25, 0.3) is 0 Å². The summed E-state index contributed by atoms with van der Waals surface area (Å²) in [5.41, 5.74) is 0.0101. The number of benzene rings is 1. The molecule has 2 atom stereocenters. The van der Waals surface area contributed by atoms with E-state index in [1.54, 1.807) is 20.8 Å². The number of rotatable bonds is 5. The SMILES string of the molecule is CCC(C)C(NC(=O)OC(C)(C)C)c1nnc2n1N=C(c1ccc(F)cc1F)CS2. The average Bonchev–Trinajstić information content (AvgIpc) is 3.07.